The van der Waals surface area contributed by atoms with E-state index in [1.165, 1.54) is 17.0 Å². The monoisotopic (exact) mass is 283 g/mol. The van der Waals surface area contributed by atoms with Gasteiger partial charge in [-0.25, -0.2) is 4.98 Å². The summed E-state index contributed by atoms with van der Waals surface area (Å²) in [5.74, 6) is 0. The molecule has 0 spiro atoms. The highest BCUT2D eigenvalue weighted by atomic mass is 32.1. The van der Waals surface area contributed by atoms with E-state index in [0.29, 0.717) is 0 Å². The first-order valence-corrected chi connectivity index (χ1v) is 6.87. The van der Waals surface area contributed by atoms with Gasteiger partial charge in [0.2, 0.25) is 0 Å². The molecule has 0 unspecified atom stereocenters. The molecule has 0 saturated heterocycles. The Morgan fingerprint density at radius 2 is 1.84 bits per heavy atom. The summed E-state index contributed by atoms with van der Waals surface area (Å²) >= 11 is 1.56. The van der Waals surface area contributed by atoms with E-state index in [1.54, 1.807) is 11.3 Å². The van der Waals surface area contributed by atoms with Crippen LogP contribution in [0.3, 0.4) is 0 Å². The highest BCUT2D eigenvalue weighted by molar-refractivity contribution is 7.15. The van der Waals surface area contributed by atoms with Gasteiger partial charge in [-0.3, -0.25) is 0 Å². The van der Waals surface area contributed by atoms with Crippen molar-refractivity contribution in [1.29, 1.82) is 0 Å². The fraction of sp³-hybridized carbons (Fsp3) is 0.308. The van der Waals surface area contributed by atoms with E-state index in [2.05, 4.69) is 11.8 Å². The molecule has 0 amide bonds. The maximum Gasteiger partial charge on any atom is 0.416 e. The summed E-state index contributed by atoms with van der Waals surface area (Å²) < 4.78 is 37.4. The van der Waals surface area contributed by atoms with Gasteiger partial charge < -0.3 is 0 Å². The van der Waals surface area contributed by atoms with Crippen LogP contribution < -0.4 is 0 Å². The molecule has 19 heavy (non-hydrogen) atoms. The van der Waals surface area contributed by atoms with Crippen molar-refractivity contribution in [3.05, 3.63) is 40.4 Å². The first-order valence-electron chi connectivity index (χ1n) is 6.05. The van der Waals surface area contributed by atoms with Crippen molar-refractivity contribution < 1.29 is 13.2 Å². The minimum atomic E-state index is -4.29. The zero-order chi connectivity index (χ0) is 14.0. The molecule has 1 aromatic heterocycles. The van der Waals surface area contributed by atoms with Crippen LogP contribution in [0.25, 0.3) is 10.6 Å². The van der Waals surface area contributed by atoms with E-state index >= 15 is 0 Å². The Balaban J connectivity index is 2.30. The number of halogens is 3. The summed E-state index contributed by atoms with van der Waals surface area (Å²) in [5, 5.41) is 0.787. The maximum atomic E-state index is 12.5. The summed E-state index contributed by atoms with van der Waals surface area (Å²) in [6.07, 6.45) is -3.32. The number of hydrogen-bond acceptors (Lipinski definition) is 2. The van der Waals surface area contributed by atoms with Gasteiger partial charge in [-0.1, -0.05) is 19.0 Å². The maximum absolute atomic E-state index is 12.5. The van der Waals surface area contributed by atoms with E-state index in [-0.39, 0.29) is 0 Å². The number of alkyl halides is 3. The quantitative estimate of drug-likeness (QED) is 0.772. The molecule has 1 aromatic carbocycles. The number of aryl methyl sites for hydroxylation is 1. The van der Waals surface area contributed by atoms with Crippen molar-refractivity contribution in [2.24, 2.45) is 0 Å². The molecule has 6 heteroatoms. The van der Waals surface area contributed by atoms with Gasteiger partial charge in [-0.2, -0.15) is 13.2 Å². The third-order valence-electron chi connectivity index (χ3n) is 2.83. The van der Waals surface area contributed by atoms with Crippen LogP contribution in [0.15, 0.2) is 24.3 Å². The van der Waals surface area contributed by atoms with Crippen LogP contribution in [0.1, 0.15) is 16.1 Å². The number of rotatable bonds is 3. The van der Waals surface area contributed by atoms with Crippen molar-refractivity contribution in [1.82, 2.24) is 4.98 Å². The largest absolute Gasteiger partial charge is 0.416 e. The Labute approximate surface area is 114 Å². The number of benzene rings is 1. The molecule has 0 aliphatic heterocycles. The minimum Gasteiger partial charge on any atom is -0.241 e. The van der Waals surface area contributed by atoms with Gasteiger partial charge in [-0.15, -0.1) is 11.3 Å². The molecule has 1 heterocycles. The minimum absolute atomic E-state index is 0.627. The van der Waals surface area contributed by atoms with Crippen molar-refractivity contribution in [2.45, 2.75) is 26.2 Å². The van der Waals surface area contributed by atoms with Crippen LogP contribution in [0.2, 0.25) is 6.82 Å². The van der Waals surface area contributed by atoms with E-state index in [0.717, 1.165) is 42.0 Å². The molecule has 1 nitrogen and oxygen atoms in total. The second-order valence-corrected chi connectivity index (χ2v) is 5.44. The lowest BCUT2D eigenvalue weighted by atomic mass is 9.77. The van der Waals surface area contributed by atoms with Gasteiger partial charge >= 0.3 is 6.18 Å². The first-order chi connectivity index (χ1) is 8.91. The summed E-state index contributed by atoms with van der Waals surface area (Å²) in [6, 6.07) is 5.17. The Hall–Kier alpha value is -1.30. The molecule has 2 rings (SSSR count). The van der Waals surface area contributed by atoms with Crippen LogP contribution in [0, 0.1) is 6.92 Å². The molecule has 0 aliphatic carbocycles. The molecule has 100 valence electrons. The molecule has 0 fully saturated rings. The highest BCUT2D eigenvalue weighted by Gasteiger charge is 2.30. The fourth-order valence-electron chi connectivity index (χ4n) is 1.81. The van der Waals surface area contributed by atoms with Gasteiger partial charge in [0.15, 0.2) is 0 Å². The van der Waals surface area contributed by atoms with Crippen molar-refractivity contribution in [3.8, 4) is 10.6 Å². The standard InChI is InChI=1S/C13H13BF3NS/c1-8-11(7-14-2)19-12(18-8)9-3-5-10(6-4-9)13(15,16)17/h3-6,14H,7H2,1-2H3. The predicted octanol–water partition coefficient (Wildman–Crippen LogP) is 4.12. The van der Waals surface area contributed by atoms with Crippen molar-refractivity contribution in [3.63, 3.8) is 0 Å². The van der Waals surface area contributed by atoms with E-state index < -0.39 is 11.7 Å². The third-order valence-corrected chi connectivity index (χ3v) is 4.10. The second kappa shape index (κ2) is 5.37. The Bertz CT molecular complexity index is 560. The summed E-state index contributed by atoms with van der Waals surface area (Å²) in [7, 11) is 1.04. The number of aromatic nitrogens is 1. The van der Waals surface area contributed by atoms with Crippen LogP contribution in [-0.4, -0.2) is 12.3 Å². The van der Waals surface area contributed by atoms with Crippen LogP contribution in [0.4, 0.5) is 13.2 Å². The zero-order valence-corrected chi connectivity index (χ0v) is 11.5. The number of hydrogen-bond donors (Lipinski definition) is 0. The SMILES string of the molecule is CBCc1sc(-c2ccc(C(F)(F)F)cc2)nc1C. The Morgan fingerprint density at radius 1 is 1.21 bits per heavy atom. The molecule has 0 saturated carbocycles. The lowest BCUT2D eigenvalue weighted by Crippen LogP contribution is -2.03. The topological polar surface area (TPSA) is 12.9 Å². The lowest BCUT2D eigenvalue weighted by molar-refractivity contribution is -0.137. The summed E-state index contributed by atoms with van der Waals surface area (Å²) in [4.78, 5) is 5.63. The molecule has 0 aliphatic rings. The molecular weight excluding hydrogens is 270 g/mol. The molecule has 0 N–H and O–H groups in total. The highest BCUT2D eigenvalue weighted by Crippen LogP contribution is 2.32. The molecule has 0 atom stereocenters. The lowest BCUT2D eigenvalue weighted by Gasteiger charge is -2.06. The average molecular weight is 283 g/mol. The number of nitrogens with zero attached hydrogens (tertiary/aromatic N) is 1. The molecule has 0 radical (unpaired) electrons. The smallest absolute Gasteiger partial charge is 0.241 e. The van der Waals surface area contributed by atoms with Gasteiger partial charge in [0.05, 0.1) is 11.3 Å². The summed E-state index contributed by atoms with van der Waals surface area (Å²) in [5.41, 5.74) is 1.09. The van der Waals surface area contributed by atoms with Gasteiger partial charge in [0.1, 0.15) is 12.3 Å². The van der Waals surface area contributed by atoms with E-state index in [1.807, 2.05) is 6.92 Å². The second-order valence-electron chi connectivity index (χ2n) is 4.35. The third kappa shape index (κ3) is 3.18. The van der Waals surface area contributed by atoms with Crippen LogP contribution in [-0.2, 0) is 12.5 Å². The van der Waals surface area contributed by atoms with E-state index in [9.17, 15) is 13.2 Å². The van der Waals surface area contributed by atoms with Crippen LogP contribution >= 0.6 is 11.3 Å². The zero-order valence-electron chi connectivity index (χ0n) is 10.7. The Kier molecular flexibility index (Phi) is 3.99. The molecular formula is C13H13BF3NS. The van der Waals surface area contributed by atoms with Crippen molar-refractivity contribution >= 4 is 18.6 Å². The van der Waals surface area contributed by atoms with Gasteiger partial charge in [-0.05, 0) is 25.4 Å². The molecule has 2 aromatic rings. The van der Waals surface area contributed by atoms with Gasteiger partial charge in [0.25, 0.3) is 0 Å². The number of thiazole rings is 1. The Morgan fingerprint density at radius 3 is 2.37 bits per heavy atom. The first kappa shape index (κ1) is 14.1. The fourth-order valence-corrected chi connectivity index (χ4v) is 2.98. The predicted molar refractivity (Wildman–Crippen MR) is 74.0 cm³/mol. The molecule has 0 bridgehead atoms. The van der Waals surface area contributed by atoms with Crippen molar-refractivity contribution in [2.75, 3.05) is 0 Å². The van der Waals surface area contributed by atoms with Crippen LogP contribution in [0.5, 0.6) is 0 Å². The van der Waals surface area contributed by atoms with Gasteiger partial charge in [0, 0.05) is 10.4 Å². The normalized spacial score (nSPS) is 11.6. The van der Waals surface area contributed by atoms with E-state index in [4.69, 9.17) is 0 Å². The average Bonchev–Trinajstić information content (AvgIpc) is 2.71. The summed E-state index contributed by atoms with van der Waals surface area (Å²) in [6.45, 7) is 4.03.